The summed E-state index contributed by atoms with van der Waals surface area (Å²) in [7, 11) is 1.53. The van der Waals surface area contributed by atoms with Crippen LogP contribution in [0.15, 0.2) is 60.2 Å². The predicted octanol–water partition coefficient (Wildman–Crippen LogP) is 3.61. The van der Waals surface area contributed by atoms with Crippen molar-refractivity contribution in [3.63, 3.8) is 0 Å². The first kappa shape index (κ1) is 24.3. The number of morpholine rings is 1. The lowest BCUT2D eigenvalue weighted by molar-refractivity contribution is -0.122. The average Bonchev–Trinajstić information content (AvgIpc) is 3.19. The van der Waals surface area contributed by atoms with Gasteiger partial charge in [0, 0.05) is 35.9 Å². The van der Waals surface area contributed by atoms with Crippen LogP contribution in [0, 0.1) is 13.8 Å². The summed E-state index contributed by atoms with van der Waals surface area (Å²) >= 11 is 0. The Bertz CT molecular complexity index is 1380. The van der Waals surface area contributed by atoms with Crippen molar-refractivity contribution in [2.24, 2.45) is 0 Å². The van der Waals surface area contributed by atoms with Crippen molar-refractivity contribution in [1.29, 1.82) is 0 Å². The number of aryl methyl sites for hydroxylation is 1. The Morgan fingerprint density at radius 1 is 0.892 bits per heavy atom. The van der Waals surface area contributed by atoms with Crippen LogP contribution in [-0.4, -0.2) is 55.8 Å². The lowest BCUT2D eigenvalue weighted by Crippen LogP contribution is -2.54. The first-order chi connectivity index (χ1) is 17.9. The zero-order chi connectivity index (χ0) is 26.1. The van der Waals surface area contributed by atoms with E-state index in [1.54, 1.807) is 30.3 Å². The molecule has 0 bridgehead atoms. The molecule has 2 aromatic carbocycles. The number of methoxy groups -OCH3 is 1. The highest BCUT2D eigenvalue weighted by molar-refractivity contribution is 6.39. The second-order valence-corrected chi connectivity index (χ2v) is 8.93. The Morgan fingerprint density at radius 3 is 2.16 bits per heavy atom. The fourth-order valence-electron chi connectivity index (χ4n) is 4.74. The zero-order valence-corrected chi connectivity index (χ0v) is 21.0. The molecule has 3 aromatic rings. The molecular weight excluding hydrogens is 472 g/mol. The van der Waals surface area contributed by atoms with Crippen molar-refractivity contribution in [2.45, 2.75) is 13.8 Å². The quantitative estimate of drug-likeness (QED) is 0.425. The predicted molar refractivity (Wildman–Crippen MR) is 140 cm³/mol. The number of barbiturate groups is 1. The van der Waals surface area contributed by atoms with Crippen molar-refractivity contribution >= 4 is 35.3 Å². The van der Waals surface area contributed by atoms with Crippen LogP contribution in [0.3, 0.4) is 0 Å². The highest BCUT2D eigenvalue weighted by Crippen LogP contribution is 2.28. The Labute approximate surface area is 214 Å². The molecule has 1 aromatic heterocycles. The second kappa shape index (κ2) is 9.94. The maximum Gasteiger partial charge on any atom is 0.335 e. The molecule has 0 aliphatic carbocycles. The zero-order valence-electron chi connectivity index (χ0n) is 21.0. The number of aromatic nitrogens is 1. The molecule has 190 valence electrons. The summed E-state index contributed by atoms with van der Waals surface area (Å²) in [6.07, 6.45) is 1.54. The van der Waals surface area contributed by atoms with Gasteiger partial charge in [-0.3, -0.25) is 14.9 Å². The van der Waals surface area contributed by atoms with Crippen LogP contribution >= 0.6 is 0 Å². The van der Waals surface area contributed by atoms with Gasteiger partial charge in [0.1, 0.15) is 11.3 Å². The lowest BCUT2D eigenvalue weighted by atomic mass is 10.1. The fourth-order valence-corrected chi connectivity index (χ4v) is 4.74. The van der Waals surface area contributed by atoms with Crippen LogP contribution < -0.4 is 19.9 Å². The van der Waals surface area contributed by atoms with Gasteiger partial charge in [0.05, 0.1) is 26.0 Å². The fraction of sp³-hybridized carbons (Fsp3) is 0.250. The van der Waals surface area contributed by atoms with Crippen LogP contribution in [0.2, 0.25) is 0 Å². The van der Waals surface area contributed by atoms with E-state index in [4.69, 9.17) is 9.47 Å². The van der Waals surface area contributed by atoms with Gasteiger partial charge in [0.15, 0.2) is 0 Å². The molecule has 37 heavy (non-hydrogen) atoms. The number of carbonyl (C=O) groups is 3. The third-order valence-electron chi connectivity index (χ3n) is 6.69. The number of hydrogen-bond acceptors (Lipinski definition) is 6. The highest BCUT2D eigenvalue weighted by Gasteiger charge is 2.37. The number of amides is 4. The third-order valence-corrected chi connectivity index (χ3v) is 6.69. The number of imide groups is 2. The Balaban J connectivity index is 1.45. The number of ether oxygens (including phenoxy) is 2. The average molecular weight is 501 g/mol. The van der Waals surface area contributed by atoms with Gasteiger partial charge in [-0.25, -0.2) is 9.69 Å². The maximum atomic E-state index is 13.3. The molecule has 2 saturated heterocycles. The summed E-state index contributed by atoms with van der Waals surface area (Å²) in [5.41, 5.74) is 4.90. The standard InChI is InChI=1S/C28H28N4O5/c1-18-16-20(19(2)31(18)22-6-4-21(5-7-22)30-12-14-37-15-13-30)17-25-26(33)29-28(35)32(27(25)34)23-8-10-24(36-3)11-9-23/h4-11,16-17H,12-15H2,1-3H3,(H,29,33,35)/b25-17-. The number of carbonyl (C=O) groups excluding carboxylic acids is 3. The molecule has 0 spiro atoms. The van der Waals surface area contributed by atoms with Crippen LogP contribution in [0.25, 0.3) is 11.8 Å². The summed E-state index contributed by atoms with van der Waals surface area (Å²) in [5.74, 6) is -0.816. The number of nitrogens with zero attached hydrogens (tertiary/aromatic N) is 3. The minimum absolute atomic E-state index is 0.113. The molecule has 3 heterocycles. The van der Waals surface area contributed by atoms with Gasteiger partial charge < -0.3 is 18.9 Å². The molecule has 0 radical (unpaired) electrons. The minimum Gasteiger partial charge on any atom is -0.497 e. The van der Waals surface area contributed by atoms with E-state index in [1.165, 1.54) is 7.11 Å². The molecule has 0 unspecified atom stereocenters. The van der Waals surface area contributed by atoms with E-state index < -0.39 is 17.8 Å². The van der Waals surface area contributed by atoms with E-state index in [9.17, 15) is 14.4 Å². The Morgan fingerprint density at radius 2 is 1.51 bits per heavy atom. The molecule has 1 N–H and O–H groups in total. The van der Waals surface area contributed by atoms with Gasteiger partial charge in [0.25, 0.3) is 11.8 Å². The number of urea groups is 1. The number of rotatable bonds is 5. The normalized spacial score (nSPS) is 17.4. The number of anilines is 2. The first-order valence-corrected chi connectivity index (χ1v) is 12.0. The topological polar surface area (TPSA) is 93.1 Å². The van der Waals surface area contributed by atoms with E-state index >= 15 is 0 Å². The molecule has 2 fully saturated rings. The second-order valence-electron chi connectivity index (χ2n) is 8.93. The van der Waals surface area contributed by atoms with Gasteiger partial charge in [-0.2, -0.15) is 0 Å². The Hall–Kier alpha value is -4.37. The van der Waals surface area contributed by atoms with E-state index in [0.717, 1.165) is 59.5 Å². The smallest absolute Gasteiger partial charge is 0.335 e. The van der Waals surface area contributed by atoms with Crippen molar-refractivity contribution < 1.29 is 23.9 Å². The third kappa shape index (κ3) is 4.61. The highest BCUT2D eigenvalue weighted by atomic mass is 16.5. The maximum absolute atomic E-state index is 13.3. The number of benzene rings is 2. The van der Waals surface area contributed by atoms with E-state index in [2.05, 4.69) is 39.0 Å². The first-order valence-electron chi connectivity index (χ1n) is 12.0. The molecule has 4 amide bonds. The van der Waals surface area contributed by atoms with Crippen LogP contribution in [0.1, 0.15) is 17.0 Å². The van der Waals surface area contributed by atoms with E-state index in [1.807, 2.05) is 19.9 Å². The summed E-state index contributed by atoms with van der Waals surface area (Å²) in [4.78, 5) is 41.7. The van der Waals surface area contributed by atoms with Crippen molar-refractivity contribution in [1.82, 2.24) is 9.88 Å². The number of nitrogens with one attached hydrogen (secondary N) is 1. The van der Waals surface area contributed by atoms with Crippen LogP contribution in [0.4, 0.5) is 16.2 Å². The summed E-state index contributed by atoms with van der Waals surface area (Å²) in [6.45, 7) is 7.09. The number of hydrogen-bond donors (Lipinski definition) is 1. The Kier molecular flexibility index (Phi) is 6.54. The molecule has 5 rings (SSSR count). The monoisotopic (exact) mass is 500 g/mol. The molecule has 2 aliphatic heterocycles. The largest absolute Gasteiger partial charge is 0.497 e. The molecule has 0 saturated carbocycles. The van der Waals surface area contributed by atoms with Gasteiger partial charge >= 0.3 is 6.03 Å². The molecule has 9 heteroatoms. The lowest BCUT2D eigenvalue weighted by Gasteiger charge is -2.29. The van der Waals surface area contributed by atoms with Crippen molar-refractivity contribution in [3.05, 3.63) is 77.1 Å². The molecule has 9 nitrogen and oxygen atoms in total. The SMILES string of the molecule is COc1ccc(N2C(=O)NC(=O)/C(=C/c3cc(C)n(-c4ccc(N5CCOCC5)cc4)c3C)C2=O)cc1. The molecule has 2 aliphatic rings. The van der Waals surface area contributed by atoms with E-state index in [-0.39, 0.29) is 5.57 Å². The summed E-state index contributed by atoms with van der Waals surface area (Å²) in [6, 6.07) is 15.9. The summed E-state index contributed by atoms with van der Waals surface area (Å²) < 4.78 is 12.7. The van der Waals surface area contributed by atoms with Crippen molar-refractivity contribution in [3.8, 4) is 11.4 Å². The van der Waals surface area contributed by atoms with Gasteiger partial charge in [-0.1, -0.05) is 0 Å². The minimum atomic E-state index is -0.789. The van der Waals surface area contributed by atoms with Crippen molar-refractivity contribution in [2.75, 3.05) is 43.2 Å². The van der Waals surface area contributed by atoms with Gasteiger partial charge in [0.2, 0.25) is 0 Å². The van der Waals surface area contributed by atoms with Gasteiger partial charge in [-0.15, -0.1) is 0 Å². The van der Waals surface area contributed by atoms with Gasteiger partial charge in [-0.05, 0) is 80.1 Å². The van der Waals surface area contributed by atoms with Crippen LogP contribution in [-0.2, 0) is 14.3 Å². The van der Waals surface area contributed by atoms with Crippen LogP contribution in [0.5, 0.6) is 5.75 Å². The molecule has 0 atom stereocenters. The summed E-state index contributed by atoms with van der Waals surface area (Å²) in [5, 5.41) is 2.27. The molecular formula is C28H28N4O5. The van der Waals surface area contributed by atoms with E-state index in [0.29, 0.717) is 11.4 Å².